The van der Waals surface area contributed by atoms with Crippen LogP contribution in [0, 0.1) is 0 Å². The molecule has 170 valence electrons. The Morgan fingerprint density at radius 2 is 1.71 bits per heavy atom. The Balaban J connectivity index is 1.84. The first kappa shape index (κ1) is 24.2. The molecule has 0 spiro atoms. The highest BCUT2D eigenvalue weighted by Gasteiger charge is 2.23. The zero-order chi connectivity index (χ0) is 23.0. The van der Waals surface area contributed by atoms with Gasteiger partial charge in [-0.3, -0.25) is 14.4 Å². The second-order valence-corrected chi connectivity index (χ2v) is 8.33. The molecule has 1 fully saturated rings. The molecule has 3 amide bonds. The fourth-order valence-electron chi connectivity index (χ4n) is 3.15. The van der Waals surface area contributed by atoms with E-state index in [1.54, 1.807) is 54.8 Å². The molecule has 0 aliphatic carbocycles. The van der Waals surface area contributed by atoms with Crippen molar-refractivity contribution in [2.45, 2.75) is 46.1 Å². The van der Waals surface area contributed by atoms with Gasteiger partial charge in [0.1, 0.15) is 11.4 Å². The normalized spacial score (nSPS) is 14.5. The van der Waals surface area contributed by atoms with E-state index < -0.39 is 17.7 Å². The molecule has 0 saturated carbocycles. The van der Waals surface area contributed by atoms with Crippen molar-refractivity contribution in [1.82, 2.24) is 15.1 Å². The SMILES string of the molecule is CC(=O)Oc1cccc(C(=O)N2CCCN(C(=O)CCNC(=O)OC(C)(C)C)CC2)c1. The number of carbonyl (C=O) groups excluding carboxylic acids is 4. The number of hydrogen-bond acceptors (Lipinski definition) is 6. The number of carbonyl (C=O) groups is 4. The molecule has 1 N–H and O–H groups in total. The first-order chi connectivity index (χ1) is 14.5. The van der Waals surface area contributed by atoms with Crippen molar-refractivity contribution in [1.29, 1.82) is 0 Å². The van der Waals surface area contributed by atoms with E-state index in [1.807, 2.05) is 0 Å². The summed E-state index contributed by atoms with van der Waals surface area (Å²) in [5.41, 5.74) is -0.160. The lowest BCUT2D eigenvalue weighted by Crippen LogP contribution is -2.39. The summed E-state index contributed by atoms with van der Waals surface area (Å²) in [5.74, 6) is -0.380. The van der Waals surface area contributed by atoms with Gasteiger partial charge in [0.25, 0.3) is 5.91 Å². The number of esters is 1. The van der Waals surface area contributed by atoms with E-state index in [2.05, 4.69) is 5.32 Å². The Kier molecular flexibility index (Phi) is 8.41. The van der Waals surface area contributed by atoms with Crippen molar-refractivity contribution in [2.75, 3.05) is 32.7 Å². The van der Waals surface area contributed by atoms with Gasteiger partial charge in [-0.15, -0.1) is 0 Å². The zero-order valence-electron chi connectivity index (χ0n) is 18.6. The van der Waals surface area contributed by atoms with Gasteiger partial charge in [0.2, 0.25) is 5.91 Å². The second-order valence-electron chi connectivity index (χ2n) is 8.33. The van der Waals surface area contributed by atoms with Crippen molar-refractivity contribution < 1.29 is 28.7 Å². The van der Waals surface area contributed by atoms with Crippen LogP contribution in [0.5, 0.6) is 5.75 Å². The molecule has 1 saturated heterocycles. The molecular weight excluding hydrogens is 402 g/mol. The van der Waals surface area contributed by atoms with Gasteiger partial charge < -0.3 is 24.6 Å². The van der Waals surface area contributed by atoms with Gasteiger partial charge >= 0.3 is 12.1 Å². The summed E-state index contributed by atoms with van der Waals surface area (Å²) < 4.78 is 10.2. The number of rotatable bonds is 5. The highest BCUT2D eigenvalue weighted by atomic mass is 16.6. The number of benzene rings is 1. The summed E-state index contributed by atoms with van der Waals surface area (Å²) >= 11 is 0. The number of ether oxygens (including phenoxy) is 2. The second kappa shape index (κ2) is 10.8. The van der Waals surface area contributed by atoms with Crippen LogP contribution in [-0.4, -0.2) is 72.0 Å². The highest BCUT2D eigenvalue weighted by molar-refractivity contribution is 5.94. The van der Waals surface area contributed by atoms with Crippen LogP contribution in [-0.2, 0) is 14.3 Å². The molecule has 1 aromatic rings. The average Bonchev–Trinajstić information content (AvgIpc) is 2.92. The van der Waals surface area contributed by atoms with Crippen molar-refractivity contribution >= 4 is 23.9 Å². The largest absolute Gasteiger partial charge is 0.444 e. The van der Waals surface area contributed by atoms with Gasteiger partial charge in [-0.2, -0.15) is 0 Å². The van der Waals surface area contributed by atoms with Crippen LogP contribution in [0.15, 0.2) is 24.3 Å². The van der Waals surface area contributed by atoms with Crippen molar-refractivity contribution in [3.63, 3.8) is 0 Å². The van der Waals surface area contributed by atoms with Gasteiger partial charge in [-0.1, -0.05) is 6.07 Å². The fourth-order valence-corrected chi connectivity index (χ4v) is 3.15. The standard InChI is InChI=1S/C22H31N3O6/c1-16(26)30-18-8-5-7-17(15-18)20(28)25-12-6-11-24(13-14-25)19(27)9-10-23-21(29)31-22(2,3)4/h5,7-8,15H,6,9-14H2,1-4H3,(H,23,29). The highest BCUT2D eigenvalue weighted by Crippen LogP contribution is 2.16. The van der Waals surface area contributed by atoms with E-state index in [-0.39, 0.29) is 24.8 Å². The molecule has 0 unspecified atom stereocenters. The average molecular weight is 434 g/mol. The summed E-state index contributed by atoms with van der Waals surface area (Å²) in [7, 11) is 0. The molecular formula is C22H31N3O6. The van der Waals surface area contributed by atoms with E-state index in [9.17, 15) is 19.2 Å². The van der Waals surface area contributed by atoms with Gasteiger partial charge in [-0.05, 0) is 45.4 Å². The monoisotopic (exact) mass is 433 g/mol. The fraction of sp³-hybridized carbons (Fsp3) is 0.545. The van der Waals surface area contributed by atoms with Crippen LogP contribution in [0.25, 0.3) is 0 Å². The maximum Gasteiger partial charge on any atom is 0.407 e. The third-order valence-electron chi connectivity index (χ3n) is 4.49. The Hall–Kier alpha value is -3.10. The summed E-state index contributed by atoms with van der Waals surface area (Å²) in [6.07, 6.45) is 0.266. The molecule has 9 heteroatoms. The number of amides is 3. The van der Waals surface area contributed by atoms with Crippen LogP contribution < -0.4 is 10.1 Å². The van der Waals surface area contributed by atoms with E-state index in [0.717, 1.165) is 0 Å². The van der Waals surface area contributed by atoms with E-state index in [1.165, 1.54) is 6.92 Å². The van der Waals surface area contributed by atoms with Gasteiger partial charge in [-0.25, -0.2) is 4.79 Å². The molecule has 2 rings (SSSR count). The van der Waals surface area contributed by atoms with Crippen molar-refractivity contribution in [3.05, 3.63) is 29.8 Å². The topological polar surface area (TPSA) is 105 Å². The van der Waals surface area contributed by atoms with E-state index in [0.29, 0.717) is 43.9 Å². The Morgan fingerprint density at radius 1 is 1.03 bits per heavy atom. The molecule has 0 radical (unpaired) electrons. The molecule has 0 bridgehead atoms. The summed E-state index contributed by atoms with van der Waals surface area (Å²) in [4.78, 5) is 51.6. The first-order valence-electron chi connectivity index (χ1n) is 10.4. The molecule has 1 aliphatic heterocycles. The van der Waals surface area contributed by atoms with Crippen molar-refractivity contribution in [3.8, 4) is 5.75 Å². The Morgan fingerprint density at radius 3 is 2.39 bits per heavy atom. The molecule has 0 aromatic heterocycles. The number of hydrogen-bond donors (Lipinski definition) is 1. The van der Waals surface area contributed by atoms with Crippen LogP contribution in [0.2, 0.25) is 0 Å². The number of nitrogens with one attached hydrogen (secondary N) is 1. The Bertz CT molecular complexity index is 818. The predicted molar refractivity (Wildman–Crippen MR) is 114 cm³/mol. The van der Waals surface area contributed by atoms with E-state index >= 15 is 0 Å². The quantitative estimate of drug-likeness (QED) is 0.564. The zero-order valence-corrected chi connectivity index (χ0v) is 18.6. The summed E-state index contributed by atoms with van der Waals surface area (Å²) in [6.45, 7) is 8.70. The molecule has 0 atom stereocenters. The van der Waals surface area contributed by atoms with Crippen LogP contribution in [0.1, 0.15) is 50.9 Å². The minimum atomic E-state index is -0.591. The maximum atomic E-state index is 12.8. The lowest BCUT2D eigenvalue weighted by Gasteiger charge is -2.23. The van der Waals surface area contributed by atoms with Crippen LogP contribution >= 0.6 is 0 Å². The predicted octanol–water partition coefficient (Wildman–Crippen LogP) is 2.20. The van der Waals surface area contributed by atoms with Gasteiger partial charge in [0.15, 0.2) is 0 Å². The minimum Gasteiger partial charge on any atom is -0.444 e. The molecule has 31 heavy (non-hydrogen) atoms. The lowest BCUT2D eigenvalue weighted by molar-refractivity contribution is -0.132. The third kappa shape index (κ3) is 8.27. The molecule has 9 nitrogen and oxygen atoms in total. The van der Waals surface area contributed by atoms with Crippen LogP contribution in [0.4, 0.5) is 4.79 Å². The smallest absolute Gasteiger partial charge is 0.407 e. The third-order valence-corrected chi connectivity index (χ3v) is 4.49. The van der Waals surface area contributed by atoms with Crippen LogP contribution in [0.3, 0.4) is 0 Å². The summed E-state index contributed by atoms with van der Waals surface area (Å²) in [5, 5.41) is 2.58. The first-order valence-corrected chi connectivity index (χ1v) is 10.4. The lowest BCUT2D eigenvalue weighted by atomic mass is 10.2. The number of nitrogens with zero attached hydrogens (tertiary/aromatic N) is 2. The molecule has 1 aromatic carbocycles. The minimum absolute atomic E-state index is 0.0813. The van der Waals surface area contributed by atoms with Gasteiger partial charge in [0.05, 0.1) is 0 Å². The molecule has 1 heterocycles. The number of alkyl carbamates (subject to hydrolysis) is 1. The van der Waals surface area contributed by atoms with Crippen molar-refractivity contribution in [2.24, 2.45) is 0 Å². The summed E-state index contributed by atoms with van der Waals surface area (Å²) in [6, 6.07) is 6.49. The Labute approximate surface area is 182 Å². The van der Waals surface area contributed by atoms with E-state index in [4.69, 9.17) is 9.47 Å². The maximum absolute atomic E-state index is 12.8. The molecule has 1 aliphatic rings. The van der Waals surface area contributed by atoms with Gasteiger partial charge in [0, 0.05) is 51.6 Å².